The molecule has 164 valence electrons. The Bertz CT molecular complexity index is 462. The molecule has 9 nitrogen and oxygen atoms in total. The van der Waals surface area contributed by atoms with Gasteiger partial charge in [-0.15, -0.1) is 0 Å². The van der Waals surface area contributed by atoms with E-state index in [0.29, 0.717) is 25.3 Å². The summed E-state index contributed by atoms with van der Waals surface area (Å²) in [6.07, 6.45) is 3.08. The zero-order chi connectivity index (χ0) is 22.3. The molecule has 9 heteroatoms. The molecule has 0 amide bonds. The summed E-state index contributed by atoms with van der Waals surface area (Å²) in [5, 5.41) is 0. The highest BCUT2D eigenvalue weighted by molar-refractivity contribution is 5.85. The Kier molecular flexibility index (Phi) is 15.9. The number of hydrogen-bond donors (Lipinski definition) is 5. The molecule has 0 unspecified atom stereocenters. The topological polar surface area (TPSA) is 189 Å². The molecule has 0 aromatic carbocycles. The Labute approximate surface area is 169 Å². The van der Waals surface area contributed by atoms with E-state index in [2.05, 4.69) is 9.98 Å². The lowest BCUT2D eigenvalue weighted by Gasteiger charge is -2.11. The molecule has 2 atom stereocenters. The van der Waals surface area contributed by atoms with Gasteiger partial charge in [-0.05, 0) is 25.7 Å². The van der Waals surface area contributed by atoms with Crippen LogP contribution in [0.15, 0.2) is 9.98 Å². The van der Waals surface area contributed by atoms with Crippen LogP contribution in [0.5, 0.6) is 0 Å². The third-order valence-corrected chi connectivity index (χ3v) is 4.05. The number of hydrogen-bond acceptors (Lipinski definition) is 5. The van der Waals surface area contributed by atoms with E-state index < -0.39 is 0 Å². The van der Waals surface area contributed by atoms with Crippen molar-refractivity contribution in [3.63, 3.8) is 0 Å². The first kappa shape index (κ1) is 28.1. The highest BCUT2D eigenvalue weighted by atomic mass is 16.1. The molecule has 0 bridgehead atoms. The van der Waals surface area contributed by atoms with Crippen molar-refractivity contribution in [1.82, 2.24) is 0 Å². The van der Waals surface area contributed by atoms with E-state index in [9.17, 15) is 9.59 Å². The molecule has 0 aliphatic heterocycles. The summed E-state index contributed by atoms with van der Waals surface area (Å²) in [4.78, 5) is 30.5. The van der Waals surface area contributed by atoms with Crippen LogP contribution in [0.1, 0.15) is 60.3 Å². The van der Waals surface area contributed by atoms with Crippen LogP contribution in [-0.4, -0.2) is 42.6 Å². The Morgan fingerprint density at radius 2 is 1.11 bits per heavy atom. The highest BCUT2D eigenvalue weighted by Crippen LogP contribution is 2.12. The van der Waals surface area contributed by atoms with Crippen LogP contribution in [0.4, 0.5) is 0 Å². The van der Waals surface area contributed by atoms with Crippen LogP contribution in [0.25, 0.3) is 0 Å². The number of guanidine groups is 2. The summed E-state index contributed by atoms with van der Waals surface area (Å²) in [7, 11) is 0. The highest BCUT2D eigenvalue weighted by Gasteiger charge is 2.16. The van der Waals surface area contributed by atoms with Gasteiger partial charge in [0.2, 0.25) is 0 Å². The minimum absolute atomic E-state index is 0.00641. The van der Waals surface area contributed by atoms with Gasteiger partial charge in [-0.3, -0.25) is 19.6 Å². The van der Waals surface area contributed by atoms with Crippen LogP contribution in [0.2, 0.25) is 0 Å². The first-order valence-electron chi connectivity index (χ1n) is 9.83. The van der Waals surface area contributed by atoms with Gasteiger partial charge in [-0.2, -0.15) is 0 Å². The second-order valence-electron chi connectivity index (χ2n) is 7.52. The minimum atomic E-state index is -0.385. The third kappa shape index (κ3) is 16.0. The second-order valence-corrected chi connectivity index (χ2v) is 7.52. The molecular formula is C19H41N7O2. The Morgan fingerprint density at radius 1 is 0.714 bits per heavy atom. The summed E-state index contributed by atoms with van der Waals surface area (Å²) in [6.45, 7) is 10.6. The summed E-state index contributed by atoms with van der Waals surface area (Å²) in [6, 6.07) is -0.385. The van der Waals surface area contributed by atoms with E-state index in [0.717, 1.165) is 19.3 Å². The number of nitrogens with two attached hydrogens (primary N) is 5. The van der Waals surface area contributed by atoms with E-state index in [4.69, 9.17) is 28.7 Å². The van der Waals surface area contributed by atoms with Crippen molar-refractivity contribution in [2.75, 3.05) is 13.1 Å². The number of nitrogens with zero attached hydrogens (tertiary/aromatic N) is 2. The van der Waals surface area contributed by atoms with Crippen LogP contribution in [0.3, 0.4) is 0 Å². The van der Waals surface area contributed by atoms with Gasteiger partial charge in [0.15, 0.2) is 17.7 Å². The number of carbonyl (C=O) groups is 2. The molecule has 0 spiro atoms. The lowest BCUT2D eigenvalue weighted by molar-refractivity contribution is -0.125. The Balaban J connectivity index is 0. The van der Waals surface area contributed by atoms with E-state index in [1.165, 1.54) is 0 Å². The number of aliphatic imine (C=N–C) groups is 2. The second kappa shape index (κ2) is 15.9. The van der Waals surface area contributed by atoms with Crippen LogP contribution < -0.4 is 28.7 Å². The maximum Gasteiger partial charge on any atom is 0.185 e. The quantitative estimate of drug-likeness (QED) is 0.179. The first-order valence-corrected chi connectivity index (χ1v) is 9.83. The normalized spacial score (nSPS) is 12.6. The predicted molar refractivity (Wildman–Crippen MR) is 117 cm³/mol. The fourth-order valence-electron chi connectivity index (χ4n) is 2.41. The third-order valence-electron chi connectivity index (χ3n) is 4.05. The molecule has 0 aromatic rings. The lowest BCUT2D eigenvalue weighted by Crippen LogP contribution is -2.33. The molecule has 0 aliphatic rings. The zero-order valence-electron chi connectivity index (χ0n) is 18.1. The van der Waals surface area contributed by atoms with Gasteiger partial charge in [-0.25, -0.2) is 0 Å². The molecule has 10 N–H and O–H groups in total. The van der Waals surface area contributed by atoms with Crippen molar-refractivity contribution < 1.29 is 9.59 Å². The minimum Gasteiger partial charge on any atom is -0.370 e. The molecule has 0 aromatic heterocycles. The molecular weight excluding hydrogens is 358 g/mol. The van der Waals surface area contributed by atoms with Crippen LogP contribution in [-0.2, 0) is 9.59 Å². The van der Waals surface area contributed by atoms with Gasteiger partial charge in [-0.1, -0.05) is 34.6 Å². The Morgan fingerprint density at radius 3 is 1.46 bits per heavy atom. The molecule has 0 heterocycles. The summed E-state index contributed by atoms with van der Waals surface area (Å²) in [5.41, 5.74) is 26.3. The molecule has 0 radical (unpaired) electrons. The standard InChI is InChI=1S/C10H21N3O.C9H20N4O/c1-7(2)9(14)8(3)5-4-6-13-10(11)12;1-6(2)8(14)7(10)4-3-5-13-9(11)12/h7-8H,4-6H2,1-3H3,(H4,11,12,13);6-7H,3-5,10H2,1-2H3,(H4,11,12,13)/t8-;7-/m10/s1. The summed E-state index contributed by atoms with van der Waals surface area (Å²) < 4.78 is 0. The lowest BCUT2D eigenvalue weighted by atomic mass is 9.93. The smallest absolute Gasteiger partial charge is 0.185 e. The molecule has 0 aliphatic carbocycles. The predicted octanol–water partition coefficient (Wildman–Crippen LogP) is 0.494. The fraction of sp³-hybridized carbons (Fsp3) is 0.789. The van der Waals surface area contributed by atoms with Crippen molar-refractivity contribution >= 4 is 23.5 Å². The van der Waals surface area contributed by atoms with Gasteiger partial charge in [0.05, 0.1) is 6.04 Å². The van der Waals surface area contributed by atoms with Gasteiger partial charge in [0.1, 0.15) is 5.78 Å². The summed E-state index contributed by atoms with van der Waals surface area (Å²) >= 11 is 0. The molecule has 0 fully saturated rings. The SMILES string of the molecule is CC(C)C(=O)[C@@H](N)CCCN=C(N)N.CC(C)C(=O)[C@H](C)CCCN=C(N)N. The number of Topliss-reactive ketones (excluding diaryl/α,β-unsaturated/α-hetero) is 2. The van der Waals surface area contributed by atoms with Crippen molar-refractivity contribution in [2.45, 2.75) is 66.3 Å². The molecule has 28 heavy (non-hydrogen) atoms. The van der Waals surface area contributed by atoms with Crippen LogP contribution in [0, 0.1) is 17.8 Å². The van der Waals surface area contributed by atoms with Crippen molar-refractivity contribution in [3.05, 3.63) is 0 Å². The van der Waals surface area contributed by atoms with E-state index in [1.54, 1.807) is 0 Å². The molecule has 0 rings (SSSR count). The average molecular weight is 400 g/mol. The van der Waals surface area contributed by atoms with Gasteiger partial charge in [0.25, 0.3) is 0 Å². The zero-order valence-corrected chi connectivity index (χ0v) is 18.1. The monoisotopic (exact) mass is 399 g/mol. The summed E-state index contributed by atoms with van der Waals surface area (Å²) in [5.74, 6) is 0.830. The fourth-order valence-corrected chi connectivity index (χ4v) is 2.41. The number of rotatable bonds is 12. The maximum absolute atomic E-state index is 11.5. The molecule has 0 saturated heterocycles. The maximum atomic E-state index is 11.5. The van der Waals surface area contributed by atoms with Crippen molar-refractivity contribution in [2.24, 2.45) is 56.4 Å². The van der Waals surface area contributed by atoms with Gasteiger partial charge < -0.3 is 28.7 Å². The number of carbonyl (C=O) groups excluding carboxylic acids is 2. The first-order chi connectivity index (χ1) is 12.9. The van der Waals surface area contributed by atoms with Crippen molar-refractivity contribution in [3.8, 4) is 0 Å². The van der Waals surface area contributed by atoms with E-state index in [-0.39, 0.29) is 41.5 Å². The largest absolute Gasteiger partial charge is 0.370 e. The molecule has 0 saturated carbocycles. The van der Waals surface area contributed by atoms with Gasteiger partial charge in [0, 0.05) is 30.8 Å². The van der Waals surface area contributed by atoms with E-state index >= 15 is 0 Å². The Hall–Kier alpha value is -2.16. The van der Waals surface area contributed by atoms with Crippen LogP contribution >= 0.6 is 0 Å². The van der Waals surface area contributed by atoms with E-state index in [1.807, 2.05) is 34.6 Å². The van der Waals surface area contributed by atoms with Crippen molar-refractivity contribution in [1.29, 1.82) is 0 Å². The average Bonchev–Trinajstić information content (AvgIpc) is 2.60. The van der Waals surface area contributed by atoms with Gasteiger partial charge >= 0.3 is 0 Å². The number of ketones is 2.